The molecule has 0 amide bonds. The highest BCUT2D eigenvalue weighted by molar-refractivity contribution is 6.02. The molecular weight excluding hydrogens is 495 g/mol. The summed E-state index contributed by atoms with van der Waals surface area (Å²) in [5, 5.41) is 16.1. The number of carbonyl (C=O) groups is 1. The monoisotopic (exact) mass is 524 g/mol. The SMILES string of the molecule is COc1ccc(F)c(-c2ccc(Cc3ccc(N4N=C(c5ncccn5)[C@@H](C)[C@@H]4CC(=O)O)cc3)c(C)c2)c1. The molecule has 2 heterocycles. The molecular formula is C31H29FN4O3. The quantitative estimate of drug-likeness (QED) is 0.309. The van der Waals surface area contributed by atoms with Crippen LogP contribution in [0.5, 0.6) is 5.75 Å². The van der Waals surface area contributed by atoms with Crippen molar-refractivity contribution in [1.82, 2.24) is 9.97 Å². The summed E-state index contributed by atoms with van der Waals surface area (Å²) in [7, 11) is 1.57. The number of anilines is 1. The fraction of sp³-hybridized carbons (Fsp3) is 0.226. The number of nitrogens with zero attached hydrogens (tertiary/aromatic N) is 4. The number of aromatic nitrogens is 2. The van der Waals surface area contributed by atoms with Crippen LogP contribution in [-0.2, 0) is 11.2 Å². The van der Waals surface area contributed by atoms with E-state index in [-0.39, 0.29) is 24.2 Å². The lowest BCUT2D eigenvalue weighted by atomic mass is 9.94. The molecule has 0 radical (unpaired) electrons. The van der Waals surface area contributed by atoms with E-state index in [1.165, 1.54) is 6.07 Å². The molecule has 0 bridgehead atoms. The Hall–Kier alpha value is -4.59. The van der Waals surface area contributed by atoms with E-state index in [0.717, 1.165) is 27.9 Å². The van der Waals surface area contributed by atoms with E-state index in [1.54, 1.807) is 42.7 Å². The van der Waals surface area contributed by atoms with Crippen LogP contribution in [0.25, 0.3) is 11.1 Å². The Balaban J connectivity index is 1.37. The number of carboxylic acid groups (broad SMARTS) is 1. The summed E-state index contributed by atoms with van der Waals surface area (Å²) in [4.78, 5) is 20.3. The molecule has 4 aromatic rings. The highest BCUT2D eigenvalue weighted by Crippen LogP contribution is 2.33. The van der Waals surface area contributed by atoms with Crippen LogP contribution in [0, 0.1) is 18.7 Å². The standard InChI is InChI=1S/C31H29FN4O3/c1-19-15-23(26-17-25(39-3)11-12-27(26)32)8-7-22(19)16-21-5-9-24(10-6-21)36-28(18-29(37)38)20(2)30(35-36)31-33-13-4-14-34-31/h4-15,17,20,28H,16,18H2,1-3H3,(H,37,38)/t20-,28-/m0/s1. The van der Waals surface area contributed by atoms with Crippen LogP contribution < -0.4 is 9.75 Å². The average Bonchev–Trinajstić information content (AvgIpc) is 3.26. The minimum absolute atomic E-state index is 0.0534. The molecule has 0 saturated heterocycles. The van der Waals surface area contributed by atoms with Crippen molar-refractivity contribution in [2.24, 2.45) is 11.0 Å². The van der Waals surface area contributed by atoms with Gasteiger partial charge in [0, 0.05) is 23.9 Å². The number of methoxy groups -OCH3 is 1. The van der Waals surface area contributed by atoms with E-state index >= 15 is 0 Å². The van der Waals surface area contributed by atoms with Crippen molar-refractivity contribution in [1.29, 1.82) is 0 Å². The smallest absolute Gasteiger partial charge is 0.305 e. The number of hydrazone groups is 1. The molecule has 8 heteroatoms. The summed E-state index contributed by atoms with van der Waals surface area (Å²) in [6.07, 6.45) is 3.96. The number of aryl methyl sites for hydroxylation is 1. The van der Waals surface area contributed by atoms with Crippen LogP contribution >= 0.6 is 0 Å². The molecule has 0 spiro atoms. The summed E-state index contributed by atoms with van der Waals surface area (Å²) in [6, 6.07) is 20.0. The summed E-state index contributed by atoms with van der Waals surface area (Å²) in [6.45, 7) is 3.98. The zero-order chi connectivity index (χ0) is 27.5. The first-order valence-corrected chi connectivity index (χ1v) is 12.7. The first-order chi connectivity index (χ1) is 18.8. The summed E-state index contributed by atoms with van der Waals surface area (Å²) >= 11 is 0. The molecule has 0 unspecified atom stereocenters. The minimum Gasteiger partial charge on any atom is -0.497 e. The van der Waals surface area contributed by atoms with E-state index < -0.39 is 5.97 Å². The van der Waals surface area contributed by atoms with Crippen molar-refractivity contribution in [3.8, 4) is 16.9 Å². The zero-order valence-corrected chi connectivity index (χ0v) is 22.0. The maximum absolute atomic E-state index is 14.5. The molecule has 3 aromatic carbocycles. The number of aliphatic carboxylic acids is 1. The van der Waals surface area contributed by atoms with Crippen LogP contribution in [0.4, 0.5) is 10.1 Å². The van der Waals surface area contributed by atoms with E-state index in [9.17, 15) is 14.3 Å². The first kappa shape index (κ1) is 26.0. The predicted octanol–water partition coefficient (Wildman–Crippen LogP) is 5.89. The number of carboxylic acids is 1. The van der Waals surface area contributed by atoms with Crippen molar-refractivity contribution < 1.29 is 19.0 Å². The molecule has 39 heavy (non-hydrogen) atoms. The number of ether oxygens (including phenoxy) is 1. The third-order valence-electron chi connectivity index (χ3n) is 7.14. The second kappa shape index (κ2) is 11.0. The second-order valence-electron chi connectivity index (χ2n) is 9.69. The number of rotatable bonds is 8. The fourth-order valence-corrected chi connectivity index (χ4v) is 4.95. The van der Waals surface area contributed by atoms with E-state index in [1.807, 2.05) is 56.3 Å². The highest BCUT2D eigenvalue weighted by atomic mass is 19.1. The van der Waals surface area contributed by atoms with Crippen LogP contribution in [0.15, 0.2) is 84.2 Å². The lowest BCUT2D eigenvalue weighted by molar-refractivity contribution is -0.137. The van der Waals surface area contributed by atoms with Gasteiger partial charge in [0.05, 0.1) is 25.3 Å². The molecule has 1 aliphatic heterocycles. The van der Waals surface area contributed by atoms with Gasteiger partial charge in [-0.15, -0.1) is 0 Å². The molecule has 0 aliphatic carbocycles. The van der Waals surface area contributed by atoms with Crippen molar-refractivity contribution in [3.63, 3.8) is 0 Å². The lowest BCUT2D eigenvalue weighted by Crippen LogP contribution is -2.34. The van der Waals surface area contributed by atoms with Gasteiger partial charge in [0.25, 0.3) is 0 Å². The van der Waals surface area contributed by atoms with Gasteiger partial charge >= 0.3 is 5.97 Å². The Morgan fingerprint density at radius 2 is 1.79 bits per heavy atom. The molecule has 1 aromatic heterocycles. The second-order valence-corrected chi connectivity index (χ2v) is 9.69. The Bertz CT molecular complexity index is 1520. The number of hydrogen-bond acceptors (Lipinski definition) is 6. The van der Waals surface area contributed by atoms with Gasteiger partial charge < -0.3 is 9.84 Å². The maximum atomic E-state index is 14.5. The average molecular weight is 525 g/mol. The van der Waals surface area contributed by atoms with E-state index in [4.69, 9.17) is 9.84 Å². The molecule has 2 atom stereocenters. The Morgan fingerprint density at radius 1 is 1.05 bits per heavy atom. The summed E-state index contributed by atoms with van der Waals surface area (Å²) in [5.74, 6) is -0.211. The minimum atomic E-state index is -0.883. The van der Waals surface area contributed by atoms with Gasteiger partial charge in [0.2, 0.25) is 0 Å². The third-order valence-corrected chi connectivity index (χ3v) is 7.14. The van der Waals surface area contributed by atoms with Gasteiger partial charge in [-0.1, -0.05) is 37.3 Å². The zero-order valence-electron chi connectivity index (χ0n) is 22.0. The van der Waals surface area contributed by atoms with Gasteiger partial charge in [-0.05, 0) is 72.0 Å². The van der Waals surface area contributed by atoms with Crippen molar-refractivity contribution in [2.45, 2.75) is 32.7 Å². The van der Waals surface area contributed by atoms with Crippen LogP contribution in [0.3, 0.4) is 0 Å². The first-order valence-electron chi connectivity index (χ1n) is 12.7. The molecule has 1 aliphatic rings. The molecule has 0 fully saturated rings. The topological polar surface area (TPSA) is 87.9 Å². The van der Waals surface area contributed by atoms with Crippen molar-refractivity contribution in [2.75, 3.05) is 12.1 Å². The molecule has 5 rings (SSSR count). The maximum Gasteiger partial charge on any atom is 0.305 e. The van der Waals surface area contributed by atoms with Gasteiger partial charge in [-0.3, -0.25) is 9.80 Å². The highest BCUT2D eigenvalue weighted by Gasteiger charge is 2.38. The molecule has 198 valence electrons. The fourth-order valence-electron chi connectivity index (χ4n) is 4.95. The van der Waals surface area contributed by atoms with E-state index in [2.05, 4.69) is 9.97 Å². The van der Waals surface area contributed by atoms with Crippen LogP contribution in [0.1, 0.15) is 35.9 Å². The Kier molecular flexibility index (Phi) is 7.36. The number of benzene rings is 3. The van der Waals surface area contributed by atoms with Crippen molar-refractivity contribution >= 4 is 17.4 Å². The molecule has 1 N–H and O–H groups in total. The largest absolute Gasteiger partial charge is 0.497 e. The lowest BCUT2D eigenvalue weighted by Gasteiger charge is -2.25. The molecule has 0 saturated carbocycles. The van der Waals surface area contributed by atoms with Crippen molar-refractivity contribution in [3.05, 3.63) is 107 Å². The molecule has 7 nitrogen and oxygen atoms in total. The van der Waals surface area contributed by atoms with E-state index in [0.29, 0.717) is 29.3 Å². The van der Waals surface area contributed by atoms with Gasteiger partial charge in [0.15, 0.2) is 5.82 Å². The predicted molar refractivity (Wildman–Crippen MR) is 149 cm³/mol. The summed E-state index contributed by atoms with van der Waals surface area (Å²) in [5.41, 5.74) is 6.08. The number of hydrogen-bond donors (Lipinski definition) is 1. The summed E-state index contributed by atoms with van der Waals surface area (Å²) < 4.78 is 19.7. The number of halogens is 1. The van der Waals surface area contributed by atoms with Crippen LogP contribution in [-0.4, -0.2) is 39.9 Å². The van der Waals surface area contributed by atoms with Gasteiger partial charge in [-0.25, -0.2) is 14.4 Å². The van der Waals surface area contributed by atoms with Gasteiger partial charge in [0.1, 0.15) is 17.3 Å². The normalized spacial score (nSPS) is 16.7. The Labute approximate surface area is 226 Å². The van der Waals surface area contributed by atoms with Gasteiger partial charge in [-0.2, -0.15) is 5.10 Å². The third kappa shape index (κ3) is 5.50. The van der Waals surface area contributed by atoms with Crippen LogP contribution in [0.2, 0.25) is 0 Å². The Morgan fingerprint density at radius 3 is 2.46 bits per heavy atom.